The van der Waals surface area contributed by atoms with Crippen LogP contribution in [-0.2, 0) is 20.9 Å². The number of carbonyl (C=O) groups is 2. The second-order valence-corrected chi connectivity index (χ2v) is 6.58. The maximum absolute atomic E-state index is 12.4. The Kier molecular flexibility index (Phi) is 6.27. The zero-order valence-corrected chi connectivity index (χ0v) is 16.0. The zero-order chi connectivity index (χ0) is 19.9. The highest BCUT2D eigenvalue weighted by molar-refractivity contribution is 5.88. The molecule has 0 N–H and O–H groups in total. The first kappa shape index (κ1) is 19.4. The minimum Gasteiger partial charge on any atom is -0.481 e. The van der Waals surface area contributed by atoms with Crippen LogP contribution in [0, 0.1) is 0 Å². The number of rotatable bonds is 7. The molecule has 1 atom stereocenters. The molecule has 0 heterocycles. The van der Waals surface area contributed by atoms with Crippen LogP contribution in [0.4, 0.5) is 0 Å². The normalized spacial score (nSPS) is 11.6. The smallest absolute Gasteiger partial charge is 0.344 e. The average molecular weight is 377 g/mol. The first-order chi connectivity index (χ1) is 13.5. The van der Waals surface area contributed by atoms with Gasteiger partial charge in [0.25, 0.3) is 5.91 Å². The molecule has 0 saturated heterocycles. The first-order valence-corrected chi connectivity index (χ1v) is 9.13. The van der Waals surface area contributed by atoms with Gasteiger partial charge in [-0.1, -0.05) is 66.7 Å². The lowest BCUT2D eigenvalue weighted by atomic mass is 10.1. The van der Waals surface area contributed by atoms with E-state index in [4.69, 9.17) is 9.47 Å². The van der Waals surface area contributed by atoms with Crippen molar-refractivity contribution in [3.05, 3.63) is 78.4 Å². The molecule has 1 unspecified atom stereocenters. The summed E-state index contributed by atoms with van der Waals surface area (Å²) in [4.78, 5) is 26.1. The fourth-order valence-electron chi connectivity index (χ4n) is 2.99. The lowest BCUT2D eigenvalue weighted by molar-refractivity contribution is -0.160. The van der Waals surface area contributed by atoms with Gasteiger partial charge in [-0.15, -0.1) is 0 Å². The van der Waals surface area contributed by atoms with Crippen LogP contribution in [0.2, 0.25) is 0 Å². The van der Waals surface area contributed by atoms with Gasteiger partial charge in [-0.05, 0) is 23.9 Å². The molecule has 0 bridgehead atoms. The Balaban J connectivity index is 1.53. The highest BCUT2D eigenvalue weighted by Crippen LogP contribution is 2.25. The summed E-state index contributed by atoms with van der Waals surface area (Å²) in [6.45, 7) is 1.77. The molecule has 0 aromatic heterocycles. The minimum absolute atomic E-state index is 0.256. The molecule has 0 saturated carbocycles. The van der Waals surface area contributed by atoms with Crippen molar-refractivity contribution in [2.45, 2.75) is 19.6 Å². The van der Waals surface area contributed by atoms with E-state index in [1.165, 1.54) is 0 Å². The molecular formula is C23H23NO4. The van der Waals surface area contributed by atoms with Crippen LogP contribution >= 0.6 is 0 Å². The number of likely N-dealkylation sites (N-methyl/N-ethyl adjacent to an activating group) is 1. The molecule has 0 aliphatic rings. The number of hydrogen-bond donors (Lipinski definition) is 0. The Morgan fingerprint density at radius 3 is 2.39 bits per heavy atom. The Morgan fingerprint density at radius 1 is 0.929 bits per heavy atom. The second-order valence-electron chi connectivity index (χ2n) is 6.58. The number of benzene rings is 3. The molecule has 3 rings (SSSR count). The maximum Gasteiger partial charge on any atom is 0.344 e. The number of fused-ring (bicyclic) bond motifs is 1. The fraction of sp³-hybridized carbons (Fsp3) is 0.217. The van der Waals surface area contributed by atoms with Gasteiger partial charge in [-0.2, -0.15) is 0 Å². The monoisotopic (exact) mass is 377 g/mol. The Hall–Kier alpha value is -3.34. The number of amides is 1. The largest absolute Gasteiger partial charge is 0.481 e. The molecule has 5 nitrogen and oxygen atoms in total. The van der Waals surface area contributed by atoms with Gasteiger partial charge in [0.05, 0.1) is 0 Å². The van der Waals surface area contributed by atoms with Crippen LogP contribution in [0.5, 0.6) is 5.75 Å². The summed E-state index contributed by atoms with van der Waals surface area (Å²) in [6.07, 6.45) is -0.877. The lowest BCUT2D eigenvalue weighted by Crippen LogP contribution is -2.37. The standard InChI is InChI=1S/C23H23NO4/c1-17(23(26)24(2)15-18-9-4-3-5-10-18)28-22(25)16-27-21-14-8-12-19-11-6-7-13-20(19)21/h3-14,17H,15-16H2,1-2H3. The number of ether oxygens (including phenoxy) is 2. The predicted molar refractivity (Wildman–Crippen MR) is 108 cm³/mol. The SMILES string of the molecule is CC(OC(=O)COc1cccc2ccccc12)C(=O)N(C)Cc1ccccc1. The maximum atomic E-state index is 12.4. The number of hydrogen-bond acceptors (Lipinski definition) is 4. The molecule has 0 fully saturated rings. The van der Waals surface area contributed by atoms with E-state index in [1.54, 1.807) is 24.9 Å². The summed E-state index contributed by atoms with van der Waals surface area (Å²) in [5.41, 5.74) is 1.01. The Bertz CT molecular complexity index is 950. The van der Waals surface area contributed by atoms with E-state index >= 15 is 0 Å². The van der Waals surface area contributed by atoms with Crippen molar-refractivity contribution in [3.8, 4) is 5.75 Å². The van der Waals surface area contributed by atoms with E-state index in [0.29, 0.717) is 12.3 Å². The number of esters is 1. The lowest BCUT2D eigenvalue weighted by Gasteiger charge is -2.21. The second kappa shape index (κ2) is 9.04. The topological polar surface area (TPSA) is 55.8 Å². The Labute approximate surface area is 164 Å². The summed E-state index contributed by atoms with van der Waals surface area (Å²) in [7, 11) is 1.69. The molecule has 3 aromatic carbocycles. The average Bonchev–Trinajstić information content (AvgIpc) is 2.72. The van der Waals surface area contributed by atoms with E-state index in [9.17, 15) is 9.59 Å². The summed E-state index contributed by atoms with van der Waals surface area (Å²) >= 11 is 0. The van der Waals surface area contributed by atoms with E-state index in [2.05, 4.69) is 0 Å². The molecule has 3 aromatic rings. The molecule has 1 amide bonds. The van der Waals surface area contributed by atoms with E-state index in [1.807, 2.05) is 66.7 Å². The fourth-order valence-corrected chi connectivity index (χ4v) is 2.99. The third-order valence-electron chi connectivity index (χ3n) is 4.39. The van der Waals surface area contributed by atoms with Crippen molar-refractivity contribution in [1.82, 2.24) is 4.90 Å². The quantitative estimate of drug-likeness (QED) is 0.588. The van der Waals surface area contributed by atoms with Gasteiger partial charge in [0.1, 0.15) is 5.75 Å². The van der Waals surface area contributed by atoms with E-state index < -0.39 is 12.1 Å². The van der Waals surface area contributed by atoms with Crippen LogP contribution in [0.3, 0.4) is 0 Å². The molecule has 5 heteroatoms. The molecule has 0 radical (unpaired) electrons. The van der Waals surface area contributed by atoms with Crippen molar-refractivity contribution in [2.24, 2.45) is 0 Å². The Morgan fingerprint density at radius 2 is 1.61 bits per heavy atom. The third kappa shape index (κ3) is 4.88. The molecule has 0 spiro atoms. The van der Waals surface area contributed by atoms with Gasteiger partial charge in [0, 0.05) is 19.0 Å². The van der Waals surface area contributed by atoms with Crippen molar-refractivity contribution >= 4 is 22.6 Å². The molecule has 28 heavy (non-hydrogen) atoms. The number of nitrogens with zero attached hydrogens (tertiary/aromatic N) is 1. The summed E-state index contributed by atoms with van der Waals surface area (Å²) in [5, 5.41) is 1.95. The molecule has 0 aliphatic carbocycles. The summed E-state index contributed by atoms with van der Waals surface area (Å²) in [6, 6.07) is 23.1. The van der Waals surface area contributed by atoms with Crippen LogP contribution in [0.25, 0.3) is 10.8 Å². The molecule has 0 aliphatic heterocycles. The highest BCUT2D eigenvalue weighted by atomic mass is 16.6. The van der Waals surface area contributed by atoms with Crippen LogP contribution in [-0.4, -0.2) is 36.5 Å². The predicted octanol–water partition coefficient (Wildman–Crippen LogP) is 3.81. The minimum atomic E-state index is -0.877. The first-order valence-electron chi connectivity index (χ1n) is 9.13. The molecule has 144 valence electrons. The van der Waals surface area contributed by atoms with Crippen LogP contribution in [0.1, 0.15) is 12.5 Å². The van der Waals surface area contributed by atoms with Crippen molar-refractivity contribution in [3.63, 3.8) is 0 Å². The van der Waals surface area contributed by atoms with Crippen LogP contribution in [0.15, 0.2) is 72.8 Å². The van der Waals surface area contributed by atoms with Gasteiger partial charge in [0.2, 0.25) is 0 Å². The van der Waals surface area contributed by atoms with E-state index in [-0.39, 0.29) is 12.5 Å². The zero-order valence-electron chi connectivity index (χ0n) is 16.0. The van der Waals surface area contributed by atoms with Crippen molar-refractivity contribution in [1.29, 1.82) is 0 Å². The highest BCUT2D eigenvalue weighted by Gasteiger charge is 2.22. The summed E-state index contributed by atoms with van der Waals surface area (Å²) in [5.74, 6) is -0.237. The van der Waals surface area contributed by atoms with Crippen molar-refractivity contribution in [2.75, 3.05) is 13.7 Å². The van der Waals surface area contributed by atoms with Crippen LogP contribution < -0.4 is 4.74 Å². The third-order valence-corrected chi connectivity index (χ3v) is 4.39. The van der Waals surface area contributed by atoms with Crippen molar-refractivity contribution < 1.29 is 19.1 Å². The van der Waals surface area contributed by atoms with E-state index in [0.717, 1.165) is 16.3 Å². The number of carbonyl (C=O) groups excluding carboxylic acids is 2. The van der Waals surface area contributed by atoms with Gasteiger partial charge in [-0.3, -0.25) is 4.79 Å². The summed E-state index contributed by atoms with van der Waals surface area (Å²) < 4.78 is 10.9. The van der Waals surface area contributed by atoms with Gasteiger partial charge >= 0.3 is 5.97 Å². The molecular weight excluding hydrogens is 354 g/mol. The van der Waals surface area contributed by atoms with Gasteiger partial charge in [-0.25, -0.2) is 4.79 Å². The van der Waals surface area contributed by atoms with Gasteiger partial charge in [0.15, 0.2) is 12.7 Å². The van der Waals surface area contributed by atoms with Gasteiger partial charge < -0.3 is 14.4 Å².